The van der Waals surface area contributed by atoms with Crippen molar-refractivity contribution in [3.8, 4) is 0 Å². The molecule has 0 amide bonds. The first-order valence-electron chi connectivity index (χ1n) is 7.64. The number of aliphatic imine (C=N–C) groups is 1. The van der Waals surface area contributed by atoms with E-state index in [0.717, 1.165) is 32.1 Å². The van der Waals surface area contributed by atoms with E-state index in [0.29, 0.717) is 0 Å². The van der Waals surface area contributed by atoms with Gasteiger partial charge < -0.3 is 15.1 Å². The van der Waals surface area contributed by atoms with Gasteiger partial charge in [0.15, 0.2) is 5.96 Å². The Morgan fingerprint density at radius 1 is 1.36 bits per heavy atom. The number of rotatable bonds is 8. The highest BCUT2D eigenvalue weighted by atomic mass is 127. The summed E-state index contributed by atoms with van der Waals surface area (Å²) in [5.74, 6) is 0.919. The van der Waals surface area contributed by atoms with E-state index >= 15 is 0 Å². The third-order valence-electron chi connectivity index (χ3n) is 3.42. The first kappa shape index (κ1) is 21.2. The van der Waals surface area contributed by atoms with E-state index in [9.17, 15) is 0 Å². The molecule has 0 aromatic carbocycles. The fourth-order valence-corrected chi connectivity index (χ4v) is 2.19. The summed E-state index contributed by atoms with van der Waals surface area (Å²) in [5.41, 5.74) is 1.18. The SMILES string of the molecule is CCCCN(C)CCNC(=NC)N(C)Cc1cnn(C)c1.I. The fourth-order valence-electron chi connectivity index (χ4n) is 2.19. The zero-order valence-electron chi connectivity index (χ0n) is 14.5. The molecule has 0 saturated carbocycles. The van der Waals surface area contributed by atoms with Gasteiger partial charge >= 0.3 is 0 Å². The number of likely N-dealkylation sites (N-methyl/N-ethyl adjacent to an activating group) is 1. The van der Waals surface area contributed by atoms with Gasteiger partial charge in [0.05, 0.1) is 6.20 Å². The van der Waals surface area contributed by atoms with E-state index in [1.165, 1.54) is 18.4 Å². The Hall–Kier alpha value is -0.830. The zero-order valence-corrected chi connectivity index (χ0v) is 16.9. The molecular formula is C15H31IN6. The molecule has 0 unspecified atom stereocenters. The maximum atomic E-state index is 4.34. The lowest BCUT2D eigenvalue weighted by atomic mass is 10.3. The molecule has 1 aromatic heterocycles. The molecule has 0 bridgehead atoms. The van der Waals surface area contributed by atoms with Crippen LogP contribution in [0, 0.1) is 0 Å². The predicted octanol–water partition coefficient (Wildman–Crippen LogP) is 1.78. The molecule has 1 heterocycles. The number of hydrogen-bond acceptors (Lipinski definition) is 3. The molecule has 0 spiro atoms. The van der Waals surface area contributed by atoms with Gasteiger partial charge in [-0.1, -0.05) is 13.3 Å². The number of guanidine groups is 1. The summed E-state index contributed by atoms with van der Waals surface area (Å²) in [4.78, 5) is 8.80. The Morgan fingerprint density at radius 3 is 2.64 bits per heavy atom. The van der Waals surface area contributed by atoms with Crippen molar-refractivity contribution in [2.45, 2.75) is 26.3 Å². The van der Waals surface area contributed by atoms with E-state index in [1.54, 1.807) is 0 Å². The summed E-state index contributed by atoms with van der Waals surface area (Å²) in [6.45, 7) is 6.12. The number of unbranched alkanes of at least 4 members (excludes halogenated alkanes) is 1. The van der Waals surface area contributed by atoms with Gasteiger partial charge in [0.25, 0.3) is 0 Å². The van der Waals surface area contributed by atoms with Gasteiger partial charge in [-0.05, 0) is 20.0 Å². The Labute approximate surface area is 152 Å². The second-order valence-corrected chi connectivity index (χ2v) is 5.51. The van der Waals surface area contributed by atoms with Crippen LogP contribution < -0.4 is 5.32 Å². The van der Waals surface area contributed by atoms with Gasteiger partial charge in [-0.3, -0.25) is 9.67 Å². The average molecular weight is 422 g/mol. The molecule has 1 rings (SSSR count). The number of aromatic nitrogens is 2. The van der Waals surface area contributed by atoms with E-state index in [1.807, 2.05) is 38.2 Å². The third kappa shape index (κ3) is 7.98. The molecule has 7 heteroatoms. The van der Waals surface area contributed by atoms with Crippen molar-refractivity contribution < 1.29 is 0 Å². The molecule has 1 N–H and O–H groups in total. The van der Waals surface area contributed by atoms with Gasteiger partial charge in [0.1, 0.15) is 0 Å². The van der Waals surface area contributed by atoms with Gasteiger partial charge in [-0.2, -0.15) is 5.10 Å². The van der Waals surface area contributed by atoms with Crippen molar-refractivity contribution >= 4 is 29.9 Å². The zero-order chi connectivity index (χ0) is 15.7. The molecule has 128 valence electrons. The minimum absolute atomic E-state index is 0. The van der Waals surface area contributed by atoms with Crippen LogP contribution in [0.25, 0.3) is 0 Å². The lowest BCUT2D eigenvalue weighted by Gasteiger charge is -2.23. The second kappa shape index (κ2) is 11.7. The Morgan fingerprint density at radius 2 is 2.09 bits per heavy atom. The first-order chi connectivity index (χ1) is 10.1. The normalized spacial score (nSPS) is 11.5. The highest BCUT2D eigenvalue weighted by molar-refractivity contribution is 14.0. The van der Waals surface area contributed by atoms with Crippen molar-refractivity contribution in [3.05, 3.63) is 18.0 Å². The second-order valence-electron chi connectivity index (χ2n) is 5.51. The van der Waals surface area contributed by atoms with Crippen LogP contribution in [0.3, 0.4) is 0 Å². The number of nitrogens with one attached hydrogen (secondary N) is 1. The molecule has 0 aliphatic carbocycles. The van der Waals surface area contributed by atoms with Crippen LogP contribution in [0.4, 0.5) is 0 Å². The van der Waals surface area contributed by atoms with Crippen LogP contribution >= 0.6 is 24.0 Å². The molecule has 0 fully saturated rings. The van der Waals surface area contributed by atoms with E-state index in [-0.39, 0.29) is 24.0 Å². The molecule has 0 saturated heterocycles. The summed E-state index contributed by atoms with van der Waals surface area (Å²) < 4.78 is 1.82. The summed E-state index contributed by atoms with van der Waals surface area (Å²) in [6, 6.07) is 0. The van der Waals surface area contributed by atoms with E-state index in [4.69, 9.17) is 0 Å². The standard InChI is InChI=1S/C15H30N6.HI/c1-6-7-9-19(3)10-8-17-15(16-2)20(4)12-14-11-18-21(5)13-14;/h11,13H,6-10,12H2,1-5H3,(H,16,17);1H. The van der Waals surface area contributed by atoms with Gasteiger partial charge in [0, 0.05) is 52.5 Å². The molecule has 22 heavy (non-hydrogen) atoms. The molecular weight excluding hydrogens is 391 g/mol. The van der Waals surface area contributed by atoms with Crippen LogP contribution in [-0.2, 0) is 13.6 Å². The van der Waals surface area contributed by atoms with Crippen LogP contribution in [0.1, 0.15) is 25.3 Å². The quantitative estimate of drug-likeness (QED) is 0.394. The molecule has 0 aliphatic rings. The van der Waals surface area contributed by atoms with Crippen LogP contribution in [-0.4, -0.2) is 66.3 Å². The van der Waals surface area contributed by atoms with E-state index in [2.05, 4.69) is 39.2 Å². The van der Waals surface area contributed by atoms with Crippen LogP contribution in [0.15, 0.2) is 17.4 Å². The summed E-state index contributed by atoms with van der Waals surface area (Å²) in [7, 11) is 7.97. The summed E-state index contributed by atoms with van der Waals surface area (Å²) in [6.07, 6.45) is 6.42. The highest BCUT2D eigenvalue weighted by Crippen LogP contribution is 2.01. The summed E-state index contributed by atoms with van der Waals surface area (Å²) >= 11 is 0. The third-order valence-corrected chi connectivity index (χ3v) is 3.42. The molecule has 6 nitrogen and oxygen atoms in total. The smallest absolute Gasteiger partial charge is 0.193 e. The fraction of sp³-hybridized carbons (Fsp3) is 0.733. The van der Waals surface area contributed by atoms with E-state index < -0.39 is 0 Å². The average Bonchev–Trinajstić information content (AvgIpc) is 2.86. The number of aryl methyl sites for hydroxylation is 1. The monoisotopic (exact) mass is 422 g/mol. The van der Waals surface area contributed by atoms with Crippen LogP contribution in [0.2, 0.25) is 0 Å². The number of nitrogens with zero attached hydrogens (tertiary/aromatic N) is 5. The summed E-state index contributed by atoms with van der Waals surface area (Å²) in [5, 5.41) is 7.60. The van der Waals surface area contributed by atoms with Crippen molar-refractivity contribution in [1.82, 2.24) is 24.9 Å². The van der Waals surface area contributed by atoms with Crippen LogP contribution in [0.5, 0.6) is 0 Å². The number of halogens is 1. The van der Waals surface area contributed by atoms with Crippen molar-refractivity contribution in [2.75, 3.05) is 40.8 Å². The topological polar surface area (TPSA) is 48.7 Å². The van der Waals surface area contributed by atoms with Gasteiger partial charge in [-0.25, -0.2) is 0 Å². The number of hydrogen-bond donors (Lipinski definition) is 1. The van der Waals surface area contributed by atoms with Crippen molar-refractivity contribution in [2.24, 2.45) is 12.0 Å². The van der Waals surface area contributed by atoms with Gasteiger partial charge in [-0.15, -0.1) is 24.0 Å². The Balaban J connectivity index is 0.00000441. The van der Waals surface area contributed by atoms with Crippen molar-refractivity contribution in [3.63, 3.8) is 0 Å². The van der Waals surface area contributed by atoms with Gasteiger partial charge in [0.2, 0.25) is 0 Å². The maximum absolute atomic E-state index is 4.34. The molecule has 1 aromatic rings. The first-order valence-corrected chi connectivity index (χ1v) is 7.64. The lowest BCUT2D eigenvalue weighted by molar-refractivity contribution is 0.330. The Bertz CT molecular complexity index is 431. The largest absolute Gasteiger partial charge is 0.355 e. The van der Waals surface area contributed by atoms with Crippen molar-refractivity contribution in [1.29, 1.82) is 0 Å². The maximum Gasteiger partial charge on any atom is 0.193 e. The predicted molar refractivity (Wildman–Crippen MR) is 104 cm³/mol. The molecule has 0 aliphatic heterocycles. The lowest BCUT2D eigenvalue weighted by Crippen LogP contribution is -2.41. The minimum Gasteiger partial charge on any atom is -0.355 e. The minimum atomic E-state index is 0. The Kier molecular flexibility index (Phi) is 11.3. The highest BCUT2D eigenvalue weighted by Gasteiger charge is 2.07. The molecule has 0 radical (unpaired) electrons. The molecule has 0 atom stereocenters.